The quantitative estimate of drug-likeness (QED) is 0.694. The smallest absolute Gasteiger partial charge is 0.137 e. The van der Waals surface area contributed by atoms with Crippen molar-refractivity contribution >= 4 is 0 Å². The van der Waals surface area contributed by atoms with E-state index in [2.05, 4.69) is 9.97 Å². The summed E-state index contributed by atoms with van der Waals surface area (Å²) in [5, 5.41) is 0. The Balaban J connectivity index is 1.52. The van der Waals surface area contributed by atoms with Gasteiger partial charge in [0, 0.05) is 11.4 Å². The summed E-state index contributed by atoms with van der Waals surface area (Å²) in [6, 6.07) is 7.82. The van der Waals surface area contributed by atoms with Crippen molar-refractivity contribution in [3.05, 3.63) is 48.0 Å². The zero-order valence-corrected chi connectivity index (χ0v) is 12.7. The second kappa shape index (κ2) is 8.25. The lowest BCUT2D eigenvalue weighted by atomic mass is 10.2. The van der Waals surface area contributed by atoms with Crippen LogP contribution in [0, 0.1) is 13.8 Å². The van der Waals surface area contributed by atoms with Crippen molar-refractivity contribution in [1.29, 1.82) is 0 Å². The van der Waals surface area contributed by atoms with E-state index in [0.717, 1.165) is 55.4 Å². The summed E-state index contributed by atoms with van der Waals surface area (Å²) in [7, 11) is 0. The molecule has 0 amide bonds. The molecular formula is C17H22N2O2. The highest BCUT2D eigenvalue weighted by Crippen LogP contribution is 2.11. The van der Waals surface area contributed by atoms with Gasteiger partial charge in [-0.1, -0.05) is 0 Å². The Kier molecular flexibility index (Phi) is 6.00. The van der Waals surface area contributed by atoms with Gasteiger partial charge in [0.2, 0.25) is 0 Å². The molecule has 2 heterocycles. The van der Waals surface area contributed by atoms with Crippen molar-refractivity contribution in [1.82, 2.24) is 9.97 Å². The van der Waals surface area contributed by atoms with Gasteiger partial charge in [-0.2, -0.15) is 0 Å². The highest BCUT2D eigenvalue weighted by atomic mass is 16.5. The van der Waals surface area contributed by atoms with Gasteiger partial charge < -0.3 is 9.47 Å². The van der Waals surface area contributed by atoms with E-state index in [1.54, 1.807) is 12.4 Å². The standard InChI is InChI=1S/C17H22N2O2/c1-14-6-8-16(12-18-14)20-10-4-3-5-11-21-17-9-7-15(2)19-13-17/h6-9,12-13H,3-5,10-11H2,1-2H3. The van der Waals surface area contributed by atoms with Crippen LogP contribution in [0.25, 0.3) is 0 Å². The van der Waals surface area contributed by atoms with Crippen molar-refractivity contribution in [3.63, 3.8) is 0 Å². The van der Waals surface area contributed by atoms with Gasteiger partial charge in [0.25, 0.3) is 0 Å². The number of unbranched alkanes of at least 4 members (excludes halogenated alkanes) is 2. The molecule has 0 bridgehead atoms. The van der Waals surface area contributed by atoms with Crippen LogP contribution in [-0.4, -0.2) is 23.2 Å². The number of nitrogens with zero attached hydrogens (tertiary/aromatic N) is 2. The van der Waals surface area contributed by atoms with Gasteiger partial charge in [0.05, 0.1) is 25.6 Å². The van der Waals surface area contributed by atoms with Crippen molar-refractivity contribution in [2.75, 3.05) is 13.2 Å². The molecule has 0 radical (unpaired) electrons. The molecule has 2 aromatic heterocycles. The normalized spacial score (nSPS) is 10.4. The second-order valence-electron chi connectivity index (χ2n) is 5.03. The Morgan fingerprint density at radius 1 is 0.714 bits per heavy atom. The van der Waals surface area contributed by atoms with Crippen LogP contribution in [0.3, 0.4) is 0 Å². The molecule has 0 spiro atoms. The molecule has 4 nitrogen and oxygen atoms in total. The molecule has 0 aliphatic carbocycles. The molecule has 0 aromatic carbocycles. The van der Waals surface area contributed by atoms with Gasteiger partial charge in [0.1, 0.15) is 11.5 Å². The largest absolute Gasteiger partial charge is 0.492 e. The Labute approximate surface area is 126 Å². The van der Waals surface area contributed by atoms with Crippen molar-refractivity contribution < 1.29 is 9.47 Å². The molecule has 0 saturated carbocycles. The summed E-state index contributed by atoms with van der Waals surface area (Å²) in [5.74, 6) is 1.67. The number of hydrogen-bond donors (Lipinski definition) is 0. The maximum Gasteiger partial charge on any atom is 0.137 e. The van der Waals surface area contributed by atoms with Gasteiger partial charge in [-0.15, -0.1) is 0 Å². The summed E-state index contributed by atoms with van der Waals surface area (Å²) in [5.41, 5.74) is 2.01. The lowest BCUT2D eigenvalue weighted by molar-refractivity contribution is 0.278. The number of ether oxygens (including phenoxy) is 2. The zero-order chi connectivity index (χ0) is 14.9. The van der Waals surface area contributed by atoms with Crippen molar-refractivity contribution in [2.45, 2.75) is 33.1 Å². The Morgan fingerprint density at radius 2 is 1.19 bits per heavy atom. The van der Waals surface area contributed by atoms with E-state index in [0.29, 0.717) is 0 Å². The second-order valence-corrected chi connectivity index (χ2v) is 5.03. The van der Waals surface area contributed by atoms with Crippen molar-refractivity contribution in [3.8, 4) is 11.5 Å². The highest BCUT2D eigenvalue weighted by Gasteiger charge is 1.96. The van der Waals surface area contributed by atoms with Crippen LogP contribution < -0.4 is 9.47 Å². The van der Waals surface area contributed by atoms with Gasteiger partial charge >= 0.3 is 0 Å². The summed E-state index contributed by atoms with van der Waals surface area (Å²) in [4.78, 5) is 8.39. The topological polar surface area (TPSA) is 44.2 Å². The van der Waals surface area contributed by atoms with E-state index in [-0.39, 0.29) is 0 Å². The first-order chi connectivity index (χ1) is 10.2. The minimum Gasteiger partial charge on any atom is -0.492 e. The summed E-state index contributed by atoms with van der Waals surface area (Å²) >= 11 is 0. The van der Waals surface area contributed by atoms with Gasteiger partial charge in [0.15, 0.2) is 0 Å². The van der Waals surface area contributed by atoms with Gasteiger partial charge in [-0.3, -0.25) is 9.97 Å². The monoisotopic (exact) mass is 286 g/mol. The Hall–Kier alpha value is -2.10. The third kappa shape index (κ3) is 5.81. The Morgan fingerprint density at radius 3 is 1.57 bits per heavy atom. The molecule has 21 heavy (non-hydrogen) atoms. The lowest BCUT2D eigenvalue weighted by Gasteiger charge is -2.07. The zero-order valence-electron chi connectivity index (χ0n) is 12.7. The first-order valence-corrected chi connectivity index (χ1v) is 7.35. The van der Waals surface area contributed by atoms with E-state index in [1.807, 2.05) is 38.1 Å². The first kappa shape index (κ1) is 15.3. The molecule has 0 aliphatic heterocycles. The fourth-order valence-corrected chi connectivity index (χ4v) is 1.84. The maximum atomic E-state index is 5.63. The third-order valence-electron chi connectivity index (χ3n) is 3.09. The minimum absolute atomic E-state index is 0.719. The predicted octanol–water partition coefficient (Wildman–Crippen LogP) is 3.72. The fourth-order valence-electron chi connectivity index (χ4n) is 1.84. The fraction of sp³-hybridized carbons (Fsp3) is 0.412. The van der Waals surface area contributed by atoms with Crippen LogP contribution in [0.15, 0.2) is 36.7 Å². The lowest BCUT2D eigenvalue weighted by Crippen LogP contribution is -2.01. The molecule has 0 saturated heterocycles. The van der Waals surface area contributed by atoms with Crippen LogP contribution in [-0.2, 0) is 0 Å². The molecule has 0 fully saturated rings. The molecule has 0 aliphatic rings. The highest BCUT2D eigenvalue weighted by molar-refractivity contribution is 5.19. The van der Waals surface area contributed by atoms with E-state index < -0.39 is 0 Å². The van der Waals surface area contributed by atoms with Crippen LogP contribution in [0.2, 0.25) is 0 Å². The number of aryl methyl sites for hydroxylation is 2. The maximum absolute atomic E-state index is 5.63. The number of pyridine rings is 2. The Bertz CT molecular complexity index is 474. The van der Waals surface area contributed by atoms with Crippen LogP contribution in [0.5, 0.6) is 11.5 Å². The molecule has 4 heteroatoms. The first-order valence-electron chi connectivity index (χ1n) is 7.35. The molecular weight excluding hydrogens is 264 g/mol. The van der Waals surface area contributed by atoms with Crippen LogP contribution in [0.1, 0.15) is 30.7 Å². The molecule has 2 rings (SSSR count). The third-order valence-corrected chi connectivity index (χ3v) is 3.09. The van der Waals surface area contributed by atoms with E-state index in [4.69, 9.17) is 9.47 Å². The molecule has 0 atom stereocenters. The minimum atomic E-state index is 0.719. The summed E-state index contributed by atoms with van der Waals surface area (Å²) in [6.07, 6.45) is 6.65. The van der Waals surface area contributed by atoms with E-state index in [1.165, 1.54) is 0 Å². The van der Waals surface area contributed by atoms with E-state index in [9.17, 15) is 0 Å². The average Bonchev–Trinajstić information content (AvgIpc) is 2.50. The van der Waals surface area contributed by atoms with Gasteiger partial charge in [-0.25, -0.2) is 0 Å². The number of hydrogen-bond acceptors (Lipinski definition) is 4. The molecule has 0 unspecified atom stereocenters. The van der Waals surface area contributed by atoms with E-state index >= 15 is 0 Å². The number of aromatic nitrogens is 2. The predicted molar refractivity (Wildman–Crippen MR) is 82.8 cm³/mol. The summed E-state index contributed by atoms with van der Waals surface area (Å²) in [6.45, 7) is 5.37. The van der Waals surface area contributed by atoms with Crippen molar-refractivity contribution in [2.24, 2.45) is 0 Å². The van der Waals surface area contributed by atoms with Crippen LogP contribution >= 0.6 is 0 Å². The average molecular weight is 286 g/mol. The van der Waals surface area contributed by atoms with Crippen LogP contribution in [0.4, 0.5) is 0 Å². The SMILES string of the molecule is Cc1ccc(OCCCCCOc2ccc(C)nc2)cn1. The summed E-state index contributed by atoms with van der Waals surface area (Å²) < 4.78 is 11.3. The molecule has 112 valence electrons. The molecule has 0 N–H and O–H groups in total. The number of rotatable bonds is 8. The van der Waals surface area contributed by atoms with Gasteiger partial charge in [-0.05, 0) is 57.4 Å². The molecule has 2 aromatic rings.